The molecule has 3 aromatic rings. The second-order valence-corrected chi connectivity index (χ2v) is 8.22. The van der Waals surface area contributed by atoms with Crippen LogP contribution in [0.3, 0.4) is 0 Å². The average molecular weight is 419 g/mol. The molecule has 0 aromatic heterocycles. The number of hydrogen-bond acceptors (Lipinski definition) is 3. The molecule has 0 atom stereocenters. The Bertz CT molecular complexity index is 986. The number of esters is 1. The summed E-state index contributed by atoms with van der Waals surface area (Å²) in [6.45, 7) is 0.850. The quantitative estimate of drug-likeness (QED) is 0.333. The van der Waals surface area contributed by atoms with Crippen molar-refractivity contribution in [3.63, 3.8) is 0 Å². The molecular weight excluding hydrogens is 391 g/mol. The van der Waals surface area contributed by atoms with Crippen molar-refractivity contribution in [1.82, 2.24) is 0 Å². The zero-order valence-corrected chi connectivity index (χ0v) is 17.7. The predicted molar refractivity (Wildman–Crippen MR) is 120 cm³/mol. The lowest BCUT2D eigenvalue weighted by molar-refractivity contribution is 0.0734. The molecular formula is C27H27FO3. The van der Waals surface area contributed by atoms with Crippen molar-refractivity contribution >= 4 is 5.97 Å². The van der Waals surface area contributed by atoms with Gasteiger partial charge in [0.15, 0.2) is 0 Å². The van der Waals surface area contributed by atoms with Gasteiger partial charge in [-0.2, -0.15) is 0 Å². The third-order valence-corrected chi connectivity index (χ3v) is 6.11. The second kappa shape index (κ2) is 9.88. The van der Waals surface area contributed by atoms with Crippen LogP contribution in [0.4, 0.5) is 4.39 Å². The third-order valence-electron chi connectivity index (χ3n) is 6.11. The summed E-state index contributed by atoms with van der Waals surface area (Å²) in [6.07, 6.45) is 4.71. The number of carbonyl (C=O) groups excluding carboxylic acids is 1. The SMILES string of the molecule is COCC1CCC(c2ccc(C(=O)Oc3ccc(-c4ccc(F)cc4)cc3)cc2)CC1. The topological polar surface area (TPSA) is 35.5 Å². The molecule has 3 aromatic carbocycles. The molecule has 31 heavy (non-hydrogen) atoms. The van der Waals surface area contributed by atoms with Gasteiger partial charge in [-0.15, -0.1) is 0 Å². The molecule has 160 valence electrons. The third kappa shape index (κ3) is 5.39. The van der Waals surface area contributed by atoms with E-state index in [1.165, 1.54) is 30.5 Å². The number of rotatable bonds is 6. The van der Waals surface area contributed by atoms with Gasteiger partial charge in [-0.05, 0) is 90.6 Å². The normalized spacial score (nSPS) is 18.5. The number of methoxy groups -OCH3 is 1. The molecule has 0 saturated heterocycles. The van der Waals surface area contributed by atoms with E-state index in [9.17, 15) is 9.18 Å². The molecule has 0 N–H and O–H groups in total. The van der Waals surface area contributed by atoms with Crippen molar-refractivity contribution in [1.29, 1.82) is 0 Å². The highest BCUT2D eigenvalue weighted by Crippen LogP contribution is 2.36. The molecule has 1 fully saturated rings. The van der Waals surface area contributed by atoms with Crippen molar-refractivity contribution in [2.24, 2.45) is 5.92 Å². The van der Waals surface area contributed by atoms with E-state index in [2.05, 4.69) is 12.1 Å². The van der Waals surface area contributed by atoms with Gasteiger partial charge in [0.05, 0.1) is 5.56 Å². The van der Waals surface area contributed by atoms with Gasteiger partial charge < -0.3 is 9.47 Å². The van der Waals surface area contributed by atoms with E-state index in [1.807, 2.05) is 24.3 Å². The highest BCUT2D eigenvalue weighted by Gasteiger charge is 2.22. The van der Waals surface area contributed by atoms with E-state index >= 15 is 0 Å². The van der Waals surface area contributed by atoms with Gasteiger partial charge >= 0.3 is 5.97 Å². The Hall–Kier alpha value is -2.98. The lowest BCUT2D eigenvalue weighted by Gasteiger charge is -2.28. The zero-order valence-electron chi connectivity index (χ0n) is 17.7. The molecule has 1 aliphatic rings. The van der Waals surface area contributed by atoms with Crippen LogP contribution >= 0.6 is 0 Å². The number of ether oxygens (including phenoxy) is 2. The van der Waals surface area contributed by atoms with Gasteiger partial charge in [0, 0.05) is 13.7 Å². The summed E-state index contributed by atoms with van der Waals surface area (Å²) >= 11 is 0. The number of halogens is 1. The zero-order chi connectivity index (χ0) is 21.6. The molecule has 0 bridgehead atoms. The first-order valence-corrected chi connectivity index (χ1v) is 10.8. The molecule has 0 aliphatic heterocycles. The Labute approximate surface area is 182 Å². The number of carbonyl (C=O) groups is 1. The molecule has 4 rings (SSSR count). The van der Waals surface area contributed by atoms with Crippen LogP contribution in [-0.4, -0.2) is 19.7 Å². The predicted octanol–water partition coefficient (Wildman–Crippen LogP) is 6.63. The van der Waals surface area contributed by atoms with Crippen molar-refractivity contribution < 1.29 is 18.7 Å². The minimum absolute atomic E-state index is 0.265. The summed E-state index contributed by atoms with van der Waals surface area (Å²) in [5, 5.41) is 0. The Balaban J connectivity index is 1.35. The largest absolute Gasteiger partial charge is 0.423 e. The van der Waals surface area contributed by atoms with Crippen LogP contribution in [0, 0.1) is 11.7 Å². The molecule has 0 spiro atoms. The Morgan fingerprint density at radius 3 is 2.00 bits per heavy atom. The first-order valence-electron chi connectivity index (χ1n) is 10.8. The van der Waals surface area contributed by atoms with Crippen LogP contribution in [0.1, 0.15) is 47.5 Å². The average Bonchev–Trinajstić information content (AvgIpc) is 2.81. The van der Waals surface area contributed by atoms with E-state index in [1.54, 1.807) is 31.4 Å². The number of benzene rings is 3. The maximum absolute atomic E-state index is 13.1. The van der Waals surface area contributed by atoms with E-state index in [0.29, 0.717) is 23.1 Å². The minimum Gasteiger partial charge on any atom is -0.423 e. The molecule has 4 heteroatoms. The Morgan fingerprint density at radius 1 is 0.839 bits per heavy atom. The highest BCUT2D eigenvalue weighted by molar-refractivity contribution is 5.91. The molecule has 1 saturated carbocycles. The molecule has 0 radical (unpaired) electrons. The van der Waals surface area contributed by atoms with Gasteiger partial charge in [-0.25, -0.2) is 9.18 Å². The molecule has 1 aliphatic carbocycles. The van der Waals surface area contributed by atoms with Crippen LogP contribution in [-0.2, 0) is 4.74 Å². The van der Waals surface area contributed by atoms with Crippen LogP contribution < -0.4 is 4.74 Å². The van der Waals surface area contributed by atoms with Crippen molar-refractivity contribution in [2.45, 2.75) is 31.6 Å². The van der Waals surface area contributed by atoms with E-state index < -0.39 is 0 Å². The first-order chi connectivity index (χ1) is 15.1. The van der Waals surface area contributed by atoms with E-state index in [-0.39, 0.29) is 11.8 Å². The van der Waals surface area contributed by atoms with Crippen LogP contribution in [0.25, 0.3) is 11.1 Å². The smallest absolute Gasteiger partial charge is 0.343 e. The van der Waals surface area contributed by atoms with Gasteiger partial charge in [0.1, 0.15) is 11.6 Å². The fraction of sp³-hybridized carbons (Fsp3) is 0.296. The summed E-state index contributed by atoms with van der Waals surface area (Å²) in [5.41, 5.74) is 3.67. The van der Waals surface area contributed by atoms with E-state index in [0.717, 1.165) is 30.6 Å². The monoisotopic (exact) mass is 418 g/mol. The summed E-state index contributed by atoms with van der Waals surface area (Å²) < 4.78 is 23.9. The van der Waals surface area contributed by atoms with Crippen LogP contribution in [0.5, 0.6) is 5.75 Å². The number of hydrogen-bond donors (Lipinski definition) is 0. The summed E-state index contributed by atoms with van der Waals surface area (Å²) in [5.74, 6) is 1.07. The van der Waals surface area contributed by atoms with Gasteiger partial charge in [0.2, 0.25) is 0 Å². The lowest BCUT2D eigenvalue weighted by atomic mass is 9.79. The van der Waals surface area contributed by atoms with Gasteiger partial charge in [-0.3, -0.25) is 0 Å². The highest BCUT2D eigenvalue weighted by atomic mass is 19.1. The van der Waals surface area contributed by atoms with Crippen molar-refractivity contribution in [3.05, 3.63) is 89.7 Å². The molecule has 0 unspecified atom stereocenters. The standard InChI is InChI=1S/C27H27FO3/c1-30-18-19-2-4-20(5-3-19)21-6-8-24(9-7-21)27(29)31-26-16-12-23(13-17-26)22-10-14-25(28)15-11-22/h6-17,19-20H,2-5,18H2,1H3. The van der Waals surface area contributed by atoms with Crippen LogP contribution in [0.15, 0.2) is 72.8 Å². The maximum Gasteiger partial charge on any atom is 0.343 e. The summed E-state index contributed by atoms with van der Waals surface area (Å²) in [7, 11) is 1.77. The van der Waals surface area contributed by atoms with E-state index in [4.69, 9.17) is 9.47 Å². The second-order valence-electron chi connectivity index (χ2n) is 8.22. The molecule has 0 heterocycles. The van der Waals surface area contributed by atoms with Crippen molar-refractivity contribution in [3.8, 4) is 16.9 Å². The van der Waals surface area contributed by atoms with Gasteiger partial charge in [0.25, 0.3) is 0 Å². The van der Waals surface area contributed by atoms with Gasteiger partial charge in [-0.1, -0.05) is 36.4 Å². The fourth-order valence-electron chi connectivity index (χ4n) is 4.31. The fourth-order valence-corrected chi connectivity index (χ4v) is 4.31. The molecule has 3 nitrogen and oxygen atoms in total. The summed E-state index contributed by atoms with van der Waals surface area (Å²) in [6, 6.07) is 21.3. The van der Waals surface area contributed by atoms with Crippen LogP contribution in [0.2, 0.25) is 0 Å². The maximum atomic E-state index is 13.1. The molecule has 0 amide bonds. The summed E-state index contributed by atoms with van der Waals surface area (Å²) in [4.78, 5) is 12.5. The first kappa shape index (κ1) is 21.3. The Kier molecular flexibility index (Phi) is 6.78. The Morgan fingerprint density at radius 2 is 1.42 bits per heavy atom. The lowest BCUT2D eigenvalue weighted by Crippen LogP contribution is -2.17. The minimum atomic E-state index is -0.370. The van der Waals surface area contributed by atoms with Crippen molar-refractivity contribution in [2.75, 3.05) is 13.7 Å².